The summed E-state index contributed by atoms with van der Waals surface area (Å²) in [4.78, 5) is 24.7. The summed E-state index contributed by atoms with van der Waals surface area (Å²) in [6.07, 6.45) is 5.14. The van der Waals surface area contributed by atoms with Gasteiger partial charge in [0.05, 0.1) is 6.10 Å². The maximum atomic E-state index is 12.4. The van der Waals surface area contributed by atoms with E-state index in [1.54, 1.807) is 6.07 Å². The maximum Gasteiger partial charge on any atom is 0.251 e. The van der Waals surface area contributed by atoms with Crippen LogP contribution in [0.25, 0.3) is 0 Å². The Morgan fingerprint density at radius 2 is 2.10 bits per heavy atom. The molecule has 2 aliphatic heterocycles. The van der Waals surface area contributed by atoms with Gasteiger partial charge in [-0.05, 0) is 68.3 Å². The van der Waals surface area contributed by atoms with Gasteiger partial charge in [-0.3, -0.25) is 9.59 Å². The summed E-state index contributed by atoms with van der Waals surface area (Å²) in [5, 5.41) is 9.35. The summed E-state index contributed by atoms with van der Waals surface area (Å²) in [6, 6.07) is 7.44. The third kappa shape index (κ3) is 7.61. The Labute approximate surface area is 179 Å². The summed E-state index contributed by atoms with van der Waals surface area (Å²) in [5.41, 5.74) is 1.55. The molecular formula is C22H34ClN3O3. The highest BCUT2D eigenvalue weighted by atomic mass is 35.5. The van der Waals surface area contributed by atoms with Gasteiger partial charge in [-0.1, -0.05) is 19.1 Å². The zero-order valence-electron chi connectivity index (χ0n) is 17.2. The molecule has 0 aromatic heterocycles. The fourth-order valence-corrected chi connectivity index (χ4v) is 4.03. The molecule has 3 atom stereocenters. The Bertz CT molecular complexity index is 658. The van der Waals surface area contributed by atoms with Crippen molar-refractivity contribution >= 4 is 24.2 Å². The van der Waals surface area contributed by atoms with Gasteiger partial charge in [-0.25, -0.2) is 0 Å². The van der Waals surface area contributed by atoms with Crippen LogP contribution in [0.2, 0.25) is 0 Å². The summed E-state index contributed by atoms with van der Waals surface area (Å²) >= 11 is 0. The highest BCUT2D eigenvalue weighted by Gasteiger charge is 2.22. The van der Waals surface area contributed by atoms with Crippen LogP contribution in [0.3, 0.4) is 0 Å². The van der Waals surface area contributed by atoms with Crippen molar-refractivity contribution in [3.8, 4) is 0 Å². The molecule has 2 aliphatic rings. The van der Waals surface area contributed by atoms with Gasteiger partial charge in [0.15, 0.2) is 0 Å². The normalized spacial score (nSPS) is 22.4. The number of halogens is 1. The minimum Gasteiger partial charge on any atom is -0.376 e. The molecule has 6 nitrogen and oxygen atoms in total. The van der Waals surface area contributed by atoms with Crippen LogP contribution in [0.5, 0.6) is 0 Å². The first-order valence-corrected chi connectivity index (χ1v) is 10.6. The van der Waals surface area contributed by atoms with Crippen molar-refractivity contribution in [3.05, 3.63) is 35.4 Å². The molecular weight excluding hydrogens is 390 g/mol. The molecule has 0 spiro atoms. The van der Waals surface area contributed by atoms with Crippen LogP contribution in [0.4, 0.5) is 0 Å². The lowest BCUT2D eigenvalue weighted by Gasteiger charge is -2.28. The van der Waals surface area contributed by atoms with Crippen LogP contribution in [0.1, 0.15) is 54.9 Å². The van der Waals surface area contributed by atoms with Crippen LogP contribution in [0, 0.1) is 11.8 Å². The van der Waals surface area contributed by atoms with Crippen molar-refractivity contribution in [1.29, 1.82) is 0 Å². The first-order valence-electron chi connectivity index (χ1n) is 10.6. The summed E-state index contributed by atoms with van der Waals surface area (Å²) < 4.78 is 5.54. The monoisotopic (exact) mass is 423 g/mol. The molecule has 0 radical (unpaired) electrons. The molecule has 1 aromatic rings. The second-order valence-electron chi connectivity index (χ2n) is 8.11. The zero-order chi connectivity index (χ0) is 19.8. The second-order valence-corrected chi connectivity index (χ2v) is 8.11. The molecule has 0 bridgehead atoms. The van der Waals surface area contributed by atoms with Crippen molar-refractivity contribution in [3.63, 3.8) is 0 Å². The number of rotatable bonds is 8. The van der Waals surface area contributed by atoms with E-state index in [-0.39, 0.29) is 30.3 Å². The predicted octanol–water partition coefficient (Wildman–Crippen LogP) is 2.66. The summed E-state index contributed by atoms with van der Waals surface area (Å²) in [7, 11) is 0. The van der Waals surface area contributed by atoms with E-state index in [1.807, 2.05) is 18.2 Å². The SMILES string of the molecule is CC(CC(=O)NCc1cccc(C(=O)NCC2CCCO2)c1)C1CCCNC1.Cl. The average molecular weight is 424 g/mol. The lowest BCUT2D eigenvalue weighted by Crippen LogP contribution is -2.35. The van der Waals surface area contributed by atoms with E-state index < -0.39 is 0 Å². The number of hydrogen-bond donors (Lipinski definition) is 3. The van der Waals surface area contributed by atoms with Gasteiger partial charge in [-0.2, -0.15) is 0 Å². The number of carbonyl (C=O) groups excluding carboxylic acids is 2. The molecule has 162 valence electrons. The van der Waals surface area contributed by atoms with Gasteiger partial charge < -0.3 is 20.7 Å². The van der Waals surface area contributed by atoms with Gasteiger partial charge in [0.2, 0.25) is 5.91 Å². The molecule has 29 heavy (non-hydrogen) atoms. The molecule has 2 heterocycles. The smallest absolute Gasteiger partial charge is 0.251 e. The van der Waals surface area contributed by atoms with E-state index in [1.165, 1.54) is 12.8 Å². The highest BCUT2D eigenvalue weighted by Crippen LogP contribution is 2.22. The number of nitrogens with one attached hydrogen (secondary N) is 3. The van der Waals surface area contributed by atoms with Gasteiger partial charge >= 0.3 is 0 Å². The van der Waals surface area contributed by atoms with Crippen LogP contribution >= 0.6 is 12.4 Å². The number of benzene rings is 1. The molecule has 7 heteroatoms. The standard InChI is InChI=1S/C22H33N3O3.ClH/c1-16(19-7-3-9-23-14-19)11-21(26)24-13-17-5-2-6-18(12-17)22(27)25-15-20-8-4-10-28-20;/h2,5-6,12,16,19-20,23H,3-4,7-11,13-15H2,1H3,(H,24,26)(H,25,27);1H. The minimum atomic E-state index is -0.0953. The number of hydrogen-bond acceptors (Lipinski definition) is 4. The minimum absolute atomic E-state index is 0. The Morgan fingerprint density at radius 1 is 1.24 bits per heavy atom. The Balaban J connectivity index is 0.00000300. The Kier molecular flexibility index (Phi) is 9.91. The first-order chi connectivity index (χ1) is 13.6. The second kappa shape index (κ2) is 12.2. The van der Waals surface area contributed by atoms with Gasteiger partial charge in [0, 0.05) is 31.7 Å². The van der Waals surface area contributed by atoms with Crippen LogP contribution in [-0.2, 0) is 16.1 Å². The van der Waals surface area contributed by atoms with E-state index in [4.69, 9.17) is 4.74 Å². The summed E-state index contributed by atoms with van der Waals surface area (Å²) in [6.45, 7) is 6.04. The molecule has 3 rings (SSSR count). The molecule has 1 aromatic carbocycles. The van der Waals surface area contributed by atoms with Crippen LogP contribution < -0.4 is 16.0 Å². The largest absolute Gasteiger partial charge is 0.376 e. The van der Waals surface area contributed by atoms with E-state index in [9.17, 15) is 9.59 Å². The van der Waals surface area contributed by atoms with Crippen LogP contribution in [-0.4, -0.2) is 44.2 Å². The maximum absolute atomic E-state index is 12.4. The van der Waals surface area contributed by atoms with E-state index in [0.29, 0.717) is 36.9 Å². The lowest BCUT2D eigenvalue weighted by molar-refractivity contribution is -0.122. The number of ether oxygens (including phenoxy) is 1. The summed E-state index contributed by atoms with van der Waals surface area (Å²) in [5.74, 6) is 0.937. The molecule has 0 aliphatic carbocycles. The van der Waals surface area contributed by atoms with Crippen LogP contribution in [0.15, 0.2) is 24.3 Å². The highest BCUT2D eigenvalue weighted by molar-refractivity contribution is 5.94. The third-order valence-electron chi connectivity index (χ3n) is 5.84. The molecule has 3 unspecified atom stereocenters. The third-order valence-corrected chi connectivity index (χ3v) is 5.84. The van der Waals surface area contributed by atoms with Crippen molar-refractivity contribution in [2.24, 2.45) is 11.8 Å². The van der Waals surface area contributed by atoms with Crippen molar-refractivity contribution < 1.29 is 14.3 Å². The van der Waals surface area contributed by atoms with Gasteiger partial charge in [-0.15, -0.1) is 12.4 Å². The van der Waals surface area contributed by atoms with Crippen molar-refractivity contribution in [2.75, 3.05) is 26.2 Å². The number of amides is 2. The number of piperidine rings is 1. The van der Waals surface area contributed by atoms with Gasteiger partial charge in [0.25, 0.3) is 5.91 Å². The first kappa shape index (κ1) is 23.6. The molecule has 0 saturated carbocycles. The van der Waals surface area contributed by atoms with Crippen molar-refractivity contribution in [2.45, 2.75) is 51.7 Å². The fourth-order valence-electron chi connectivity index (χ4n) is 4.03. The predicted molar refractivity (Wildman–Crippen MR) is 116 cm³/mol. The van der Waals surface area contributed by atoms with E-state index in [0.717, 1.165) is 38.1 Å². The molecule has 2 amide bonds. The molecule has 2 saturated heterocycles. The number of carbonyl (C=O) groups is 2. The molecule has 2 fully saturated rings. The fraction of sp³-hybridized carbons (Fsp3) is 0.636. The van der Waals surface area contributed by atoms with E-state index in [2.05, 4.69) is 22.9 Å². The Morgan fingerprint density at radius 3 is 2.83 bits per heavy atom. The topological polar surface area (TPSA) is 79.5 Å². The average Bonchev–Trinajstić information content (AvgIpc) is 3.25. The quantitative estimate of drug-likeness (QED) is 0.600. The zero-order valence-corrected chi connectivity index (χ0v) is 18.1. The van der Waals surface area contributed by atoms with Gasteiger partial charge in [0.1, 0.15) is 0 Å². The lowest BCUT2D eigenvalue weighted by atomic mass is 9.85. The van der Waals surface area contributed by atoms with Crippen molar-refractivity contribution in [1.82, 2.24) is 16.0 Å². The molecule has 3 N–H and O–H groups in total. The van der Waals surface area contributed by atoms with E-state index >= 15 is 0 Å². The Hall–Kier alpha value is -1.63.